The van der Waals surface area contributed by atoms with Gasteiger partial charge in [-0.15, -0.1) is 0 Å². The number of amides is 2. The fourth-order valence-electron chi connectivity index (χ4n) is 3.48. The topological polar surface area (TPSA) is 117 Å². The number of halogens is 1. The summed E-state index contributed by atoms with van der Waals surface area (Å²) in [6.07, 6.45) is 1.85. The summed E-state index contributed by atoms with van der Waals surface area (Å²) in [5.74, 6) is -0.293. The molecular formula is C28H31ClN4O5S. The van der Waals surface area contributed by atoms with Crippen molar-refractivity contribution in [2.75, 3.05) is 19.7 Å². The van der Waals surface area contributed by atoms with E-state index in [2.05, 4.69) is 15.8 Å². The third-order valence-corrected chi connectivity index (χ3v) is 7.48. The third-order valence-electron chi connectivity index (χ3n) is 5.37. The van der Waals surface area contributed by atoms with Gasteiger partial charge in [0.2, 0.25) is 10.0 Å². The first kappa shape index (κ1) is 29.8. The zero-order valence-corrected chi connectivity index (χ0v) is 23.3. The first-order valence-corrected chi connectivity index (χ1v) is 14.1. The molecule has 2 N–H and O–H groups in total. The van der Waals surface area contributed by atoms with E-state index in [1.54, 1.807) is 24.3 Å². The minimum absolute atomic E-state index is 0.0309. The van der Waals surface area contributed by atoms with E-state index in [-0.39, 0.29) is 30.0 Å². The highest BCUT2D eigenvalue weighted by Crippen LogP contribution is 2.19. The van der Waals surface area contributed by atoms with Crippen LogP contribution in [0.3, 0.4) is 0 Å². The number of ether oxygens (including phenoxy) is 1. The van der Waals surface area contributed by atoms with Crippen LogP contribution in [0, 0.1) is 0 Å². The summed E-state index contributed by atoms with van der Waals surface area (Å²) in [5, 5.41) is 7.10. The third kappa shape index (κ3) is 9.82. The van der Waals surface area contributed by atoms with Gasteiger partial charge in [0, 0.05) is 17.6 Å². The van der Waals surface area contributed by atoms with Crippen LogP contribution >= 0.6 is 11.6 Å². The minimum Gasteiger partial charge on any atom is -0.484 e. The predicted octanol–water partition coefficient (Wildman–Crippen LogP) is 3.63. The number of hydrogen-bond acceptors (Lipinski definition) is 6. The number of hydrazone groups is 1. The zero-order chi connectivity index (χ0) is 28.3. The van der Waals surface area contributed by atoms with E-state index in [1.807, 2.05) is 44.2 Å². The van der Waals surface area contributed by atoms with Crippen molar-refractivity contribution < 1.29 is 22.7 Å². The fourth-order valence-corrected chi connectivity index (χ4v) is 5.00. The molecule has 206 valence electrons. The average Bonchev–Trinajstić information content (AvgIpc) is 2.91. The Morgan fingerprint density at radius 3 is 2.28 bits per heavy atom. The molecule has 0 heterocycles. The SMILES string of the molecule is CC(C)NC(=O)COc1ccc(/C=N/NC(=O)CN(CCc2ccccc2)S(=O)(=O)c2ccc(Cl)cc2)cc1. The Morgan fingerprint density at radius 1 is 0.974 bits per heavy atom. The lowest BCUT2D eigenvalue weighted by atomic mass is 10.1. The maximum Gasteiger partial charge on any atom is 0.258 e. The van der Waals surface area contributed by atoms with Gasteiger partial charge < -0.3 is 10.1 Å². The molecule has 9 nitrogen and oxygen atoms in total. The Kier molecular flexibility index (Phi) is 11.0. The molecule has 3 rings (SSSR count). The molecule has 0 unspecified atom stereocenters. The summed E-state index contributed by atoms with van der Waals surface area (Å²) in [6, 6.07) is 22.0. The summed E-state index contributed by atoms with van der Waals surface area (Å²) in [6.45, 7) is 3.32. The van der Waals surface area contributed by atoms with Gasteiger partial charge in [-0.05, 0) is 79.9 Å². The summed E-state index contributed by atoms with van der Waals surface area (Å²) >= 11 is 5.92. The highest BCUT2D eigenvalue weighted by atomic mass is 35.5. The summed E-state index contributed by atoms with van der Waals surface area (Å²) in [5.41, 5.74) is 4.00. The van der Waals surface area contributed by atoms with Gasteiger partial charge in [0.25, 0.3) is 11.8 Å². The number of carbonyl (C=O) groups excluding carboxylic acids is 2. The van der Waals surface area contributed by atoms with E-state index in [4.69, 9.17) is 16.3 Å². The van der Waals surface area contributed by atoms with Crippen LogP contribution in [0.1, 0.15) is 25.0 Å². The monoisotopic (exact) mass is 570 g/mol. The van der Waals surface area contributed by atoms with Gasteiger partial charge in [-0.25, -0.2) is 13.8 Å². The van der Waals surface area contributed by atoms with Crippen molar-refractivity contribution in [2.24, 2.45) is 5.10 Å². The second kappa shape index (κ2) is 14.4. The average molecular weight is 571 g/mol. The molecule has 0 aliphatic heterocycles. The molecular weight excluding hydrogens is 540 g/mol. The van der Waals surface area contributed by atoms with E-state index in [1.165, 1.54) is 30.5 Å². The van der Waals surface area contributed by atoms with Crippen molar-refractivity contribution in [1.29, 1.82) is 0 Å². The van der Waals surface area contributed by atoms with Gasteiger partial charge in [-0.2, -0.15) is 9.41 Å². The summed E-state index contributed by atoms with van der Waals surface area (Å²) in [4.78, 5) is 24.4. The fraction of sp³-hybridized carbons (Fsp3) is 0.250. The van der Waals surface area contributed by atoms with Gasteiger partial charge in [0.15, 0.2) is 6.61 Å². The van der Waals surface area contributed by atoms with Crippen LogP contribution in [0.4, 0.5) is 0 Å². The number of rotatable bonds is 13. The lowest BCUT2D eigenvalue weighted by Crippen LogP contribution is -2.40. The molecule has 0 spiro atoms. The Hall–Kier alpha value is -3.73. The maximum atomic E-state index is 13.3. The Balaban J connectivity index is 1.60. The Labute approximate surface area is 233 Å². The lowest BCUT2D eigenvalue weighted by molar-refractivity contribution is -0.123. The number of nitrogens with one attached hydrogen (secondary N) is 2. The van der Waals surface area contributed by atoms with Crippen LogP contribution in [0.25, 0.3) is 0 Å². The smallest absolute Gasteiger partial charge is 0.258 e. The molecule has 0 aliphatic carbocycles. The van der Waals surface area contributed by atoms with Gasteiger partial charge in [0.05, 0.1) is 17.7 Å². The molecule has 11 heteroatoms. The van der Waals surface area contributed by atoms with Gasteiger partial charge in [-0.1, -0.05) is 41.9 Å². The van der Waals surface area contributed by atoms with Crippen molar-refractivity contribution >= 4 is 39.7 Å². The molecule has 0 saturated heterocycles. The molecule has 0 fully saturated rings. The molecule has 0 radical (unpaired) electrons. The van der Waals surface area contributed by atoms with Crippen LogP contribution in [-0.4, -0.2) is 56.5 Å². The van der Waals surface area contributed by atoms with E-state index in [9.17, 15) is 18.0 Å². The number of nitrogens with zero attached hydrogens (tertiary/aromatic N) is 2. The van der Waals surface area contributed by atoms with Crippen LogP contribution in [0.2, 0.25) is 5.02 Å². The van der Waals surface area contributed by atoms with Gasteiger partial charge in [0.1, 0.15) is 5.75 Å². The molecule has 0 aliphatic rings. The Bertz CT molecular complexity index is 1360. The summed E-state index contributed by atoms with van der Waals surface area (Å²) in [7, 11) is -3.96. The van der Waals surface area contributed by atoms with Crippen molar-refractivity contribution in [3.63, 3.8) is 0 Å². The molecule has 0 saturated carbocycles. The van der Waals surface area contributed by atoms with E-state index in [0.29, 0.717) is 22.8 Å². The quantitative estimate of drug-likeness (QED) is 0.240. The van der Waals surface area contributed by atoms with E-state index >= 15 is 0 Å². The van der Waals surface area contributed by atoms with Gasteiger partial charge in [-0.3, -0.25) is 9.59 Å². The van der Waals surface area contributed by atoms with Crippen molar-refractivity contribution in [3.05, 3.63) is 95.0 Å². The largest absolute Gasteiger partial charge is 0.484 e. The van der Waals surface area contributed by atoms with Crippen LogP contribution < -0.4 is 15.5 Å². The Morgan fingerprint density at radius 2 is 1.64 bits per heavy atom. The molecule has 3 aromatic carbocycles. The molecule has 0 bridgehead atoms. The lowest BCUT2D eigenvalue weighted by Gasteiger charge is -2.21. The van der Waals surface area contributed by atoms with Crippen molar-refractivity contribution in [2.45, 2.75) is 31.2 Å². The second-order valence-corrected chi connectivity index (χ2v) is 11.3. The first-order valence-electron chi connectivity index (χ1n) is 12.3. The minimum atomic E-state index is -3.96. The number of carbonyl (C=O) groups is 2. The van der Waals surface area contributed by atoms with E-state index in [0.717, 1.165) is 9.87 Å². The summed E-state index contributed by atoms with van der Waals surface area (Å²) < 4.78 is 33.2. The van der Waals surface area contributed by atoms with Crippen molar-refractivity contribution in [3.8, 4) is 5.75 Å². The second-order valence-electron chi connectivity index (χ2n) is 8.90. The molecule has 2 amide bonds. The highest BCUT2D eigenvalue weighted by Gasteiger charge is 2.26. The molecule has 3 aromatic rings. The van der Waals surface area contributed by atoms with Crippen molar-refractivity contribution in [1.82, 2.24) is 15.0 Å². The number of benzene rings is 3. The molecule has 0 aromatic heterocycles. The number of hydrogen-bond donors (Lipinski definition) is 2. The van der Waals surface area contributed by atoms with Gasteiger partial charge >= 0.3 is 0 Å². The zero-order valence-electron chi connectivity index (χ0n) is 21.7. The molecule has 39 heavy (non-hydrogen) atoms. The number of sulfonamides is 1. The maximum absolute atomic E-state index is 13.3. The van der Waals surface area contributed by atoms with Crippen LogP contribution in [0.15, 0.2) is 88.9 Å². The predicted molar refractivity (Wildman–Crippen MR) is 151 cm³/mol. The first-order chi connectivity index (χ1) is 18.6. The van der Waals surface area contributed by atoms with E-state index < -0.39 is 22.5 Å². The van der Waals surface area contributed by atoms with Crippen LogP contribution in [0.5, 0.6) is 5.75 Å². The normalized spacial score (nSPS) is 11.6. The standard InChI is InChI=1S/C28H31ClN4O5S/c1-21(2)31-28(35)20-38-25-12-8-23(9-13-25)18-30-32-27(34)19-33(17-16-22-6-4-3-5-7-22)39(36,37)26-14-10-24(29)11-15-26/h3-15,18,21H,16-17,19-20H2,1-2H3,(H,31,35)(H,32,34)/b30-18+. The highest BCUT2D eigenvalue weighted by molar-refractivity contribution is 7.89. The molecule has 0 atom stereocenters. The van der Waals surface area contributed by atoms with Crippen LogP contribution in [-0.2, 0) is 26.0 Å².